The van der Waals surface area contributed by atoms with Gasteiger partial charge in [0.25, 0.3) is 0 Å². The molecule has 0 radical (unpaired) electrons. The Balaban J connectivity index is 0.00000144. The highest BCUT2D eigenvalue weighted by Crippen LogP contribution is 2.26. The maximum absolute atomic E-state index is 8.66. The maximum Gasteiger partial charge on any atom is 0.133 e. The van der Waals surface area contributed by atoms with Gasteiger partial charge < -0.3 is 107 Å². The van der Waals surface area contributed by atoms with Crippen LogP contribution in [0.1, 0.15) is 93.3 Å². The maximum atomic E-state index is 8.66. The van der Waals surface area contributed by atoms with Crippen molar-refractivity contribution in [3.8, 4) is 41.8 Å². The fraction of sp³-hybridized carbons (Fsp3) is 0.407. The summed E-state index contributed by atoms with van der Waals surface area (Å²) in [7, 11) is 4.99. The summed E-state index contributed by atoms with van der Waals surface area (Å²) in [5, 5.41) is 104. The molecule has 0 aliphatic heterocycles. The first-order valence-electron chi connectivity index (χ1n) is 39.7. The number of aromatic nitrogens is 5. The predicted molar refractivity (Wildman–Crippen MR) is 492 cm³/mol. The highest BCUT2D eigenvalue weighted by atomic mass is 16.5. The number of aryl methyl sites for hydroxylation is 7. The topological polar surface area (TPSA) is 449 Å². The summed E-state index contributed by atoms with van der Waals surface area (Å²) in [5.41, 5.74) is 12.0. The molecule has 4 aromatic carbocycles. The monoisotopic (exact) mass is 1680 g/mol. The van der Waals surface area contributed by atoms with Crippen molar-refractivity contribution in [2.45, 2.75) is 103 Å². The molecule has 0 atom stereocenters. The lowest BCUT2D eigenvalue weighted by Gasteiger charge is -2.11. The fourth-order valence-corrected chi connectivity index (χ4v) is 9.81. The molecule has 0 aliphatic rings. The van der Waals surface area contributed by atoms with Gasteiger partial charge in [0.15, 0.2) is 0 Å². The summed E-state index contributed by atoms with van der Waals surface area (Å²) < 4.78 is 36.2. The zero-order chi connectivity index (χ0) is 90.6. The molecular formula is C91H130N20O11. The largest absolute Gasteiger partial charge is 0.497 e. The fourth-order valence-electron chi connectivity index (χ4n) is 9.81. The molecule has 0 fully saturated rings. The minimum Gasteiger partial charge on any atom is -0.497 e. The van der Waals surface area contributed by atoms with Crippen molar-refractivity contribution in [3.05, 3.63) is 197 Å². The predicted octanol–water partition coefficient (Wildman–Crippen LogP) is 16.2. The molecule has 14 N–H and O–H groups in total. The van der Waals surface area contributed by atoms with Gasteiger partial charge in [-0.3, -0.25) is 0 Å². The van der Waals surface area contributed by atoms with Crippen LogP contribution in [0.3, 0.4) is 0 Å². The van der Waals surface area contributed by atoms with E-state index in [4.69, 9.17) is 79.9 Å². The van der Waals surface area contributed by atoms with E-state index in [-0.39, 0.29) is 26.4 Å². The summed E-state index contributed by atoms with van der Waals surface area (Å²) in [4.78, 5) is 22.7. The third-order valence-corrected chi connectivity index (χ3v) is 14.8. The molecule has 0 saturated carbocycles. The van der Waals surface area contributed by atoms with Crippen LogP contribution >= 0.6 is 0 Å². The third-order valence-electron chi connectivity index (χ3n) is 14.8. The number of nitriles is 5. The standard InChI is InChI=1S/2C17H23N3O3.2C17H23N3O2.C13H23N3O.5C2H3N/c1-13-11-16(18-7-9-23-10-8-21)20-17(12-13)19-14-3-5-15(22-2)6-4-14;1-13-10-16(18-6-8-23-9-7-21)20-17(11-13)19-14-4-3-5-15(12-14)22-2;1-13-3-5-15(6-4-13)19-17-12-14(2)11-16(20-17)18-7-9-22-10-8-21;1-13-4-3-5-15(10-13)19-17-12-14(2)11-16(20-17)18-6-8-22-9-7-21;1-4-5-6-14-12-9-11(2)10-13(16-12)15-7-8-17-3;5*1-2-3/h3-6,11-12,21H,7-10H2,1-2H3,(H2,18,19,20);3-5,10-12,21H,6-9H2,1-2H3,(H2,18,19,20);3-6,11-12,21H,7-10H2,1-2H3,(H2,18,19,20);3-5,10-12,21H,6-9H2,1-2H3,(H2,18,19,20);9-10H,4-8H2,1-3H3,(H2,14,15,16);5*1H3. The van der Waals surface area contributed by atoms with Gasteiger partial charge in [0, 0.05) is 110 Å². The molecule has 660 valence electrons. The average Bonchev–Trinajstić information content (AvgIpc) is 0.887. The van der Waals surface area contributed by atoms with Gasteiger partial charge in [-0.25, -0.2) is 24.9 Å². The smallest absolute Gasteiger partial charge is 0.133 e. The highest BCUT2D eigenvalue weighted by Gasteiger charge is 2.08. The van der Waals surface area contributed by atoms with Crippen LogP contribution in [-0.4, -0.2) is 192 Å². The molecule has 5 aromatic heterocycles. The summed E-state index contributed by atoms with van der Waals surface area (Å²) in [6.07, 6.45) is 2.36. The molecule has 0 amide bonds. The van der Waals surface area contributed by atoms with Gasteiger partial charge in [-0.15, -0.1) is 0 Å². The van der Waals surface area contributed by atoms with E-state index in [1.807, 2.05) is 155 Å². The normalized spacial score (nSPS) is 9.47. The lowest BCUT2D eigenvalue weighted by Crippen LogP contribution is -2.12. The number of hydrogen-bond acceptors (Lipinski definition) is 31. The number of aliphatic hydroxyl groups excluding tert-OH is 4. The van der Waals surface area contributed by atoms with E-state index in [2.05, 4.69) is 136 Å². The van der Waals surface area contributed by atoms with Crippen LogP contribution in [-0.2, 0) is 23.7 Å². The van der Waals surface area contributed by atoms with E-state index >= 15 is 0 Å². The zero-order valence-corrected chi connectivity index (χ0v) is 74.0. The number of methoxy groups -OCH3 is 3. The van der Waals surface area contributed by atoms with Crippen molar-refractivity contribution in [1.29, 1.82) is 26.3 Å². The Bertz CT molecular complexity index is 4320. The SMILES string of the molecule is CC#N.CC#N.CC#N.CC#N.CC#N.CCCCNc1cc(C)cc(NCCOC)n1.COc1ccc(Nc2cc(C)cc(NCCOCCO)n2)cc1.COc1cccc(Nc2cc(C)cc(NCCOCCO)n2)c1.Cc1ccc(Nc2cc(C)cc(NCCOCCO)n2)cc1.Cc1cccc(Nc2cc(C)cc(NCCOCCO)n2)c1. The molecule has 31 heteroatoms. The Hall–Kier alpha value is -12.7. The number of unbranched alkanes of at least 4 members (excludes halogenated alkanes) is 1. The molecule has 5 heterocycles. The highest BCUT2D eigenvalue weighted by molar-refractivity contribution is 5.64. The summed E-state index contributed by atoms with van der Waals surface area (Å²) in [6.45, 7) is 32.4. The number of rotatable bonds is 42. The Morgan fingerprint density at radius 2 is 0.557 bits per heavy atom. The molecule has 0 bridgehead atoms. The van der Waals surface area contributed by atoms with E-state index in [1.165, 1.54) is 64.2 Å². The minimum absolute atomic E-state index is 0.0390. The van der Waals surface area contributed by atoms with Crippen LogP contribution in [0.5, 0.6) is 11.5 Å². The number of anilines is 14. The van der Waals surface area contributed by atoms with Crippen LogP contribution in [0.2, 0.25) is 0 Å². The van der Waals surface area contributed by atoms with Gasteiger partial charge in [-0.05, 0) is 210 Å². The molecule has 0 spiro atoms. The van der Waals surface area contributed by atoms with Gasteiger partial charge in [0.2, 0.25) is 0 Å². The van der Waals surface area contributed by atoms with E-state index in [0.717, 1.165) is 128 Å². The lowest BCUT2D eigenvalue weighted by atomic mass is 10.2. The molecule has 0 aliphatic carbocycles. The molecule has 9 rings (SSSR count). The number of hydrogen-bond donors (Lipinski definition) is 14. The van der Waals surface area contributed by atoms with Crippen LogP contribution in [0.25, 0.3) is 0 Å². The number of nitrogens with zero attached hydrogens (tertiary/aromatic N) is 10. The zero-order valence-electron chi connectivity index (χ0n) is 74.0. The van der Waals surface area contributed by atoms with Gasteiger partial charge >= 0.3 is 0 Å². The Morgan fingerprint density at radius 1 is 0.287 bits per heavy atom. The number of pyridine rings is 5. The number of benzene rings is 4. The van der Waals surface area contributed by atoms with Gasteiger partial charge in [-0.2, -0.15) is 26.3 Å². The van der Waals surface area contributed by atoms with Crippen LogP contribution in [0.4, 0.5) is 80.9 Å². The van der Waals surface area contributed by atoms with Gasteiger partial charge in [-0.1, -0.05) is 49.2 Å². The number of nitrogens with one attached hydrogen (secondary N) is 10. The van der Waals surface area contributed by atoms with Crippen molar-refractivity contribution in [1.82, 2.24) is 24.9 Å². The van der Waals surface area contributed by atoms with Crippen molar-refractivity contribution in [3.63, 3.8) is 0 Å². The molecular weight excluding hydrogens is 1550 g/mol. The van der Waals surface area contributed by atoms with E-state index < -0.39 is 0 Å². The number of ether oxygens (including phenoxy) is 7. The Labute approximate surface area is 723 Å². The van der Waals surface area contributed by atoms with E-state index in [1.54, 1.807) is 51.7 Å². The molecule has 122 heavy (non-hydrogen) atoms. The van der Waals surface area contributed by atoms with Crippen molar-refractivity contribution >= 4 is 80.9 Å². The molecule has 31 nitrogen and oxygen atoms in total. The average molecular weight is 1680 g/mol. The van der Waals surface area contributed by atoms with Crippen molar-refractivity contribution in [2.24, 2.45) is 0 Å². The first kappa shape index (κ1) is 109. The molecule has 0 unspecified atom stereocenters. The Morgan fingerprint density at radius 3 is 0.852 bits per heavy atom. The molecule has 0 saturated heterocycles. The summed E-state index contributed by atoms with van der Waals surface area (Å²) >= 11 is 0. The summed E-state index contributed by atoms with van der Waals surface area (Å²) in [6, 6.07) is 60.6. The third kappa shape index (κ3) is 57.4. The van der Waals surface area contributed by atoms with Gasteiger partial charge in [0.05, 0.1) is 130 Å². The Kier molecular flexibility index (Phi) is 65.8. The van der Waals surface area contributed by atoms with E-state index in [9.17, 15) is 0 Å². The second-order valence-electron chi connectivity index (χ2n) is 25.6. The number of aliphatic hydroxyl groups is 4. The molecule has 9 aromatic rings. The van der Waals surface area contributed by atoms with Crippen LogP contribution < -0.4 is 62.6 Å². The van der Waals surface area contributed by atoms with Gasteiger partial charge in [0.1, 0.15) is 69.7 Å². The first-order valence-corrected chi connectivity index (χ1v) is 39.7. The van der Waals surface area contributed by atoms with E-state index in [0.29, 0.717) is 85.6 Å². The minimum atomic E-state index is 0.0390. The quantitative estimate of drug-likeness (QED) is 0.0158. The van der Waals surface area contributed by atoms with Crippen molar-refractivity contribution < 1.29 is 53.6 Å². The van der Waals surface area contributed by atoms with Crippen LogP contribution in [0, 0.1) is 105 Å². The lowest BCUT2D eigenvalue weighted by molar-refractivity contribution is 0.0992. The van der Waals surface area contributed by atoms with Crippen molar-refractivity contribution in [2.75, 3.05) is 200 Å². The second kappa shape index (κ2) is 73.5. The summed E-state index contributed by atoms with van der Waals surface area (Å²) in [5.74, 6) is 9.79. The second-order valence-corrected chi connectivity index (χ2v) is 25.6. The first-order chi connectivity index (χ1) is 59.1. The van der Waals surface area contributed by atoms with Crippen LogP contribution in [0.15, 0.2) is 158 Å².